The second kappa shape index (κ2) is 3.16. The lowest BCUT2D eigenvalue weighted by molar-refractivity contribution is 0.0158. The average molecular weight is 244 g/mol. The molecule has 0 spiro atoms. The fourth-order valence-electron chi connectivity index (χ4n) is 2.09. The van der Waals surface area contributed by atoms with Crippen molar-refractivity contribution in [2.24, 2.45) is 10.8 Å². The third kappa shape index (κ3) is 1.93. The van der Waals surface area contributed by atoms with E-state index in [0.29, 0.717) is 6.61 Å². The molecule has 1 fully saturated rings. The Bertz CT molecular complexity index is 423. The number of rotatable bonds is 0. The first-order chi connectivity index (χ1) is 7.12. The first-order valence-electron chi connectivity index (χ1n) is 5.28. The largest absolute Gasteiger partial charge is 0.593 e. The van der Waals surface area contributed by atoms with E-state index < -0.39 is 7.82 Å². The Balaban J connectivity index is 2.53. The van der Waals surface area contributed by atoms with Gasteiger partial charge in [-0.1, -0.05) is 34.6 Å². The van der Waals surface area contributed by atoms with Crippen LogP contribution in [0.25, 0.3) is 0 Å². The van der Waals surface area contributed by atoms with E-state index >= 15 is 0 Å². The SMILES string of the molecule is CC(C)(C)C1=C=C2OP(=O)(OCC1(C)C)O2. The highest BCUT2D eigenvalue weighted by molar-refractivity contribution is 7.50. The van der Waals surface area contributed by atoms with Crippen molar-refractivity contribution < 1.29 is 18.1 Å². The first kappa shape index (κ1) is 11.8. The van der Waals surface area contributed by atoms with Gasteiger partial charge >= 0.3 is 13.8 Å². The fourth-order valence-corrected chi connectivity index (χ4v) is 3.19. The van der Waals surface area contributed by atoms with Gasteiger partial charge in [0.2, 0.25) is 0 Å². The summed E-state index contributed by atoms with van der Waals surface area (Å²) in [5.41, 5.74) is 3.82. The van der Waals surface area contributed by atoms with Crippen LogP contribution in [-0.4, -0.2) is 6.61 Å². The van der Waals surface area contributed by atoms with Crippen molar-refractivity contribution in [3.63, 3.8) is 0 Å². The topological polar surface area (TPSA) is 44.8 Å². The van der Waals surface area contributed by atoms with Gasteiger partial charge in [-0.3, -0.25) is 4.52 Å². The molecule has 3 aliphatic rings. The Morgan fingerprint density at radius 2 is 1.88 bits per heavy atom. The fraction of sp³-hybridized carbons (Fsp3) is 0.727. The van der Waals surface area contributed by atoms with Gasteiger partial charge in [0.05, 0.1) is 6.61 Å². The van der Waals surface area contributed by atoms with E-state index in [1.165, 1.54) is 0 Å². The standard InChI is InChI=1S/C11H17O4P/c1-10(2,3)8-6-9-14-16(12,15-9)13-7-11(8,4)5/h7H2,1-5H3. The molecule has 0 unspecified atom stereocenters. The second-order valence-electron chi connectivity index (χ2n) is 5.82. The normalized spacial score (nSPS) is 32.1. The van der Waals surface area contributed by atoms with Gasteiger partial charge in [0.15, 0.2) is 0 Å². The molecule has 2 bridgehead atoms. The minimum atomic E-state index is -3.29. The first-order valence-corrected chi connectivity index (χ1v) is 6.74. The molecule has 5 heteroatoms. The molecule has 3 heterocycles. The third-order valence-corrected chi connectivity index (χ3v) is 3.85. The van der Waals surface area contributed by atoms with Crippen molar-refractivity contribution in [2.45, 2.75) is 34.6 Å². The van der Waals surface area contributed by atoms with Crippen LogP contribution in [0.3, 0.4) is 0 Å². The van der Waals surface area contributed by atoms with Crippen molar-refractivity contribution in [3.8, 4) is 0 Å². The maximum atomic E-state index is 11.6. The summed E-state index contributed by atoms with van der Waals surface area (Å²) in [7, 11) is -3.29. The number of hydrogen-bond acceptors (Lipinski definition) is 4. The van der Waals surface area contributed by atoms with Gasteiger partial charge in [0, 0.05) is 5.41 Å². The summed E-state index contributed by atoms with van der Waals surface area (Å²) in [5, 5.41) is 0. The highest BCUT2D eigenvalue weighted by Gasteiger charge is 2.48. The molecule has 16 heavy (non-hydrogen) atoms. The molecule has 0 amide bonds. The molecular weight excluding hydrogens is 227 g/mol. The van der Waals surface area contributed by atoms with E-state index in [1.807, 2.05) is 13.8 Å². The van der Waals surface area contributed by atoms with E-state index in [-0.39, 0.29) is 16.8 Å². The Kier molecular flexibility index (Phi) is 2.33. The van der Waals surface area contributed by atoms with Gasteiger partial charge in [-0.25, -0.2) is 4.57 Å². The minimum absolute atomic E-state index is 0.0660. The molecule has 0 N–H and O–H groups in total. The summed E-state index contributed by atoms with van der Waals surface area (Å²) in [6.07, 6.45) is 0. The molecule has 0 aromatic heterocycles. The van der Waals surface area contributed by atoms with Crippen molar-refractivity contribution in [1.29, 1.82) is 0 Å². The van der Waals surface area contributed by atoms with Crippen molar-refractivity contribution in [1.82, 2.24) is 0 Å². The molecule has 1 saturated heterocycles. The van der Waals surface area contributed by atoms with Gasteiger partial charge in [-0.2, -0.15) is 0 Å². The molecule has 0 aromatic rings. The Morgan fingerprint density at radius 1 is 1.31 bits per heavy atom. The summed E-state index contributed by atoms with van der Waals surface area (Å²) >= 11 is 0. The Hall–Kier alpha value is -0.690. The van der Waals surface area contributed by atoms with Gasteiger partial charge in [-0.05, 0) is 16.7 Å². The van der Waals surface area contributed by atoms with Crippen LogP contribution in [0.2, 0.25) is 0 Å². The molecule has 4 nitrogen and oxygen atoms in total. The zero-order chi connectivity index (χ0) is 12.2. The van der Waals surface area contributed by atoms with Crippen LogP contribution in [-0.2, 0) is 18.1 Å². The molecule has 0 aromatic carbocycles. The van der Waals surface area contributed by atoms with E-state index in [9.17, 15) is 4.57 Å². The monoisotopic (exact) mass is 244 g/mol. The van der Waals surface area contributed by atoms with Gasteiger partial charge in [0.1, 0.15) is 0 Å². The Morgan fingerprint density at radius 3 is 2.38 bits per heavy atom. The van der Waals surface area contributed by atoms with Crippen LogP contribution in [0.1, 0.15) is 34.6 Å². The van der Waals surface area contributed by atoms with E-state index in [4.69, 9.17) is 13.6 Å². The zero-order valence-corrected chi connectivity index (χ0v) is 11.2. The number of phosphoric ester groups is 1. The molecule has 0 aliphatic carbocycles. The highest BCUT2D eigenvalue weighted by atomic mass is 31.2. The number of hydrogen-bond donors (Lipinski definition) is 0. The molecule has 3 rings (SSSR count). The van der Waals surface area contributed by atoms with Crippen LogP contribution in [0.15, 0.2) is 17.2 Å². The van der Waals surface area contributed by atoms with Crippen LogP contribution in [0, 0.1) is 10.8 Å². The molecule has 0 radical (unpaired) electrons. The predicted molar refractivity (Wildman–Crippen MR) is 59.5 cm³/mol. The highest BCUT2D eigenvalue weighted by Crippen LogP contribution is 2.64. The summed E-state index contributed by atoms with van der Waals surface area (Å²) < 4.78 is 26.8. The maximum absolute atomic E-state index is 11.6. The molecule has 3 aliphatic heterocycles. The summed E-state index contributed by atoms with van der Waals surface area (Å²) in [4.78, 5) is 0. The van der Waals surface area contributed by atoms with Gasteiger partial charge in [0.25, 0.3) is 0 Å². The molecule has 0 saturated carbocycles. The lowest BCUT2D eigenvalue weighted by atomic mass is 9.72. The third-order valence-electron chi connectivity index (χ3n) is 2.63. The zero-order valence-electron chi connectivity index (χ0n) is 10.3. The smallest absolute Gasteiger partial charge is 0.354 e. The molecule has 0 atom stereocenters. The summed E-state index contributed by atoms with van der Waals surface area (Å²) in [6.45, 7) is 10.7. The van der Waals surface area contributed by atoms with Crippen LogP contribution in [0.5, 0.6) is 0 Å². The second-order valence-corrected chi connectivity index (χ2v) is 7.34. The van der Waals surface area contributed by atoms with E-state index in [0.717, 1.165) is 5.57 Å². The lowest BCUT2D eigenvalue weighted by Crippen LogP contribution is -2.31. The van der Waals surface area contributed by atoms with Gasteiger partial charge < -0.3 is 9.05 Å². The number of phosphoric acid groups is 1. The van der Waals surface area contributed by atoms with Crippen LogP contribution >= 0.6 is 7.82 Å². The van der Waals surface area contributed by atoms with Gasteiger partial charge in [-0.15, -0.1) is 0 Å². The lowest BCUT2D eigenvalue weighted by Gasteiger charge is -2.39. The van der Waals surface area contributed by atoms with Crippen LogP contribution in [0.4, 0.5) is 0 Å². The Labute approximate surface area is 95.9 Å². The van der Waals surface area contributed by atoms with Crippen molar-refractivity contribution in [3.05, 3.63) is 17.2 Å². The minimum Gasteiger partial charge on any atom is -0.354 e. The maximum Gasteiger partial charge on any atom is 0.593 e. The predicted octanol–water partition coefficient (Wildman–Crippen LogP) is 3.61. The van der Waals surface area contributed by atoms with E-state index in [1.54, 1.807) is 0 Å². The van der Waals surface area contributed by atoms with Crippen molar-refractivity contribution >= 4 is 7.82 Å². The number of fused-ring (bicyclic) bond motifs is 3. The quantitative estimate of drug-likeness (QED) is 0.482. The van der Waals surface area contributed by atoms with Crippen molar-refractivity contribution in [2.75, 3.05) is 6.61 Å². The summed E-state index contributed by atoms with van der Waals surface area (Å²) in [6, 6.07) is 0. The molecule has 90 valence electrons. The summed E-state index contributed by atoms with van der Waals surface area (Å²) in [5.74, 6) is 0.182. The molecular formula is C11H17O4P. The van der Waals surface area contributed by atoms with Crippen LogP contribution < -0.4 is 0 Å². The van der Waals surface area contributed by atoms with E-state index in [2.05, 4.69) is 26.5 Å². The average Bonchev–Trinajstić information content (AvgIpc) is 2.03.